The molecule has 2 fully saturated rings. The zero-order valence-electron chi connectivity index (χ0n) is 21.9. The number of carbonyl (C=O) groups excluding carboxylic acids is 2. The van der Waals surface area contributed by atoms with Crippen molar-refractivity contribution >= 4 is 29.2 Å². The molecule has 2 amide bonds. The number of ether oxygens (including phenoxy) is 1. The molecule has 4 atom stereocenters. The molecule has 2 aromatic rings. The van der Waals surface area contributed by atoms with Crippen LogP contribution in [-0.4, -0.2) is 78.5 Å². The summed E-state index contributed by atoms with van der Waals surface area (Å²) < 4.78 is 6.30. The van der Waals surface area contributed by atoms with Gasteiger partial charge in [-0.25, -0.2) is 4.99 Å². The van der Waals surface area contributed by atoms with Gasteiger partial charge in [-0.1, -0.05) is 36.4 Å². The number of nitrogens with zero attached hydrogens (tertiary/aromatic N) is 3. The van der Waals surface area contributed by atoms with E-state index in [2.05, 4.69) is 10.6 Å². The summed E-state index contributed by atoms with van der Waals surface area (Å²) in [5, 5.41) is 8.38. The Morgan fingerprint density at radius 1 is 1.18 bits per heavy atom. The minimum absolute atomic E-state index is 0.0448. The number of nitrogens with two attached hydrogens (primary N) is 1. The minimum Gasteiger partial charge on any atom is -0.455 e. The smallest absolute Gasteiger partial charge is 0.288 e. The van der Waals surface area contributed by atoms with E-state index < -0.39 is 12.1 Å². The van der Waals surface area contributed by atoms with Crippen molar-refractivity contribution in [1.82, 2.24) is 20.4 Å². The number of piperazine rings is 1. The first-order valence-corrected chi connectivity index (χ1v) is 14.5. The fourth-order valence-corrected chi connectivity index (χ4v) is 6.21. The lowest BCUT2D eigenvalue weighted by Gasteiger charge is -2.42. The van der Waals surface area contributed by atoms with Crippen LogP contribution in [0.1, 0.15) is 42.7 Å². The van der Waals surface area contributed by atoms with Crippen LogP contribution in [-0.2, 0) is 20.9 Å². The highest BCUT2D eigenvalue weighted by Crippen LogP contribution is 2.30. The Morgan fingerprint density at radius 2 is 1.97 bits per heavy atom. The monoisotopic (exact) mass is 538 g/mol. The first-order chi connectivity index (χ1) is 18.5. The number of amidine groups is 1. The van der Waals surface area contributed by atoms with Crippen LogP contribution in [0.15, 0.2) is 52.8 Å². The maximum absolute atomic E-state index is 13.6. The summed E-state index contributed by atoms with van der Waals surface area (Å²) in [5.74, 6) is 0.0984. The molecule has 0 saturated carbocycles. The molecule has 2 saturated heterocycles. The number of piperidine rings is 1. The first-order valence-electron chi connectivity index (χ1n) is 13.6. The van der Waals surface area contributed by atoms with Crippen LogP contribution in [0, 0.1) is 5.92 Å². The molecule has 4 heterocycles. The van der Waals surface area contributed by atoms with Gasteiger partial charge in [0.2, 0.25) is 11.8 Å². The molecule has 3 aliphatic heterocycles. The largest absolute Gasteiger partial charge is 0.455 e. The van der Waals surface area contributed by atoms with Crippen molar-refractivity contribution in [1.29, 1.82) is 0 Å². The lowest BCUT2D eigenvalue weighted by atomic mass is 9.90. The summed E-state index contributed by atoms with van der Waals surface area (Å²) in [6.07, 6.45) is 2.53. The maximum atomic E-state index is 13.6. The lowest BCUT2D eigenvalue weighted by Crippen LogP contribution is -2.63. The maximum Gasteiger partial charge on any atom is 0.288 e. The van der Waals surface area contributed by atoms with E-state index in [1.807, 2.05) is 59.7 Å². The van der Waals surface area contributed by atoms with E-state index in [1.165, 1.54) is 0 Å². The SMILES string of the molecule is C[C@@H]1N=C(N2CCN(C(=O)C(N)CC3CCNCC3)[C@H](C(=O)NCc3cccs3)C2)O[C@H]1c1ccccc1. The van der Waals surface area contributed by atoms with Gasteiger partial charge < -0.3 is 30.9 Å². The van der Waals surface area contributed by atoms with Gasteiger partial charge in [-0.3, -0.25) is 9.59 Å². The zero-order chi connectivity index (χ0) is 26.5. The zero-order valence-corrected chi connectivity index (χ0v) is 22.7. The van der Waals surface area contributed by atoms with Gasteiger partial charge in [0.05, 0.1) is 25.2 Å². The molecule has 9 nitrogen and oxygen atoms in total. The average Bonchev–Trinajstić information content (AvgIpc) is 3.62. The van der Waals surface area contributed by atoms with Crippen molar-refractivity contribution in [3.8, 4) is 0 Å². The van der Waals surface area contributed by atoms with Gasteiger partial charge in [0.1, 0.15) is 12.1 Å². The van der Waals surface area contributed by atoms with Crippen LogP contribution in [0.25, 0.3) is 0 Å². The molecule has 0 bridgehead atoms. The van der Waals surface area contributed by atoms with Crippen molar-refractivity contribution in [3.63, 3.8) is 0 Å². The first kappa shape index (κ1) is 26.6. The van der Waals surface area contributed by atoms with Gasteiger partial charge >= 0.3 is 0 Å². The van der Waals surface area contributed by atoms with Crippen molar-refractivity contribution in [2.45, 2.75) is 57.0 Å². The van der Waals surface area contributed by atoms with E-state index in [0.29, 0.717) is 44.5 Å². The highest BCUT2D eigenvalue weighted by molar-refractivity contribution is 7.09. The average molecular weight is 539 g/mol. The number of thiophene rings is 1. The minimum atomic E-state index is -0.673. The van der Waals surface area contributed by atoms with Crippen LogP contribution in [0.2, 0.25) is 0 Å². The number of carbonyl (C=O) groups is 2. The summed E-state index contributed by atoms with van der Waals surface area (Å²) in [7, 11) is 0. The molecule has 0 aliphatic carbocycles. The third-order valence-corrected chi connectivity index (χ3v) is 8.61. The Balaban J connectivity index is 1.28. The van der Waals surface area contributed by atoms with Crippen molar-refractivity contribution in [2.75, 3.05) is 32.7 Å². The Kier molecular flexibility index (Phi) is 8.61. The number of benzene rings is 1. The van der Waals surface area contributed by atoms with Crippen LogP contribution in [0.5, 0.6) is 0 Å². The van der Waals surface area contributed by atoms with E-state index >= 15 is 0 Å². The molecule has 1 unspecified atom stereocenters. The van der Waals surface area contributed by atoms with Gasteiger partial charge in [0.15, 0.2) is 0 Å². The summed E-state index contributed by atoms with van der Waals surface area (Å²) in [5.41, 5.74) is 7.52. The molecule has 4 N–H and O–H groups in total. The third kappa shape index (κ3) is 6.19. The second kappa shape index (κ2) is 12.3. The highest BCUT2D eigenvalue weighted by atomic mass is 32.1. The van der Waals surface area contributed by atoms with Gasteiger partial charge in [-0.15, -0.1) is 11.3 Å². The van der Waals surface area contributed by atoms with Crippen LogP contribution in [0.3, 0.4) is 0 Å². The Hall–Kier alpha value is -2.95. The molecule has 1 aromatic heterocycles. The van der Waals surface area contributed by atoms with E-state index in [-0.39, 0.29) is 24.0 Å². The van der Waals surface area contributed by atoms with Gasteiger partial charge in [-0.2, -0.15) is 0 Å². The number of rotatable bonds is 7. The second-order valence-electron chi connectivity index (χ2n) is 10.4. The number of hydrogen-bond donors (Lipinski definition) is 3. The summed E-state index contributed by atoms with van der Waals surface area (Å²) in [6.45, 7) is 5.63. The predicted molar refractivity (Wildman–Crippen MR) is 149 cm³/mol. The number of amides is 2. The third-order valence-electron chi connectivity index (χ3n) is 7.73. The summed E-state index contributed by atoms with van der Waals surface area (Å²) >= 11 is 1.59. The van der Waals surface area contributed by atoms with Crippen molar-refractivity contribution in [2.24, 2.45) is 16.6 Å². The molecular formula is C28H38N6O3S. The van der Waals surface area contributed by atoms with E-state index in [1.54, 1.807) is 16.2 Å². The molecule has 1 aromatic carbocycles. The lowest BCUT2D eigenvalue weighted by molar-refractivity contribution is -0.144. The van der Waals surface area contributed by atoms with E-state index in [4.69, 9.17) is 15.5 Å². The van der Waals surface area contributed by atoms with Crippen molar-refractivity contribution in [3.05, 3.63) is 58.3 Å². The van der Waals surface area contributed by atoms with Crippen LogP contribution >= 0.6 is 11.3 Å². The van der Waals surface area contributed by atoms with E-state index in [0.717, 1.165) is 36.4 Å². The molecular weight excluding hydrogens is 500 g/mol. The Morgan fingerprint density at radius 3 is 2.71 bits per heavy atom. The fraction of sp³-hybridized carbons (Fsp3) is 0.536. The molecule has 5 rings (SSSR count). The molecule has 0 radical (unpaired) electrons. The summed E-state index contributed by atoms with van der Waals surface area (Å²) in [6, 6.07) is 13.2. The summed E-state index contributed by atoms with van der Waals surface area (Å²) in [4.78, 5) is 36.6. The fourth-order valence-electron chi connectivity index (χ4n) is 5.57. The molecule has 3 aliphatic rings. The van der Waals surface area contributed by atoms with E-state index in [9.17, 15) is 9.59 Å². The molecule has 10 heteroatoms. The normalized spacial score (nSPS) is 25.0. The Labute approximate surface area is 228 Å². The topological polar surface area (TPSA) is 112 Å². The van der Waals surface area contributed by atoms with Crippen molar-refractivity contribution < 1.29 is 14.3 Å². The van der Waals surface area contributed by atoms with Crippen LogP contribution < -0.4 is 16.4 Å². The van der Waals surface area contributed by atoms with Crippen LogP contribution in [0.4, 0.5) is 0 Å². The predicted octanol–water partition coefficient (Wildman–Crippen LogP) is 2.11. The Bertz CT molecular complexity index is 1110. The number of nitrogens with one attached hydrogen (secondary N) is 2. The second-order valence-corrected chi connectivity index (χ2v) is 11.5. The standard InChI is InChI=1S/C28H38N6O3S/c1-19-25(21-6-3-2-4-7-21)37-28(32-19)33-13-14-34(27(36)23(29)16-20-9-11-30-12-10-20)24(18-33)26(35)31-17-22-8-5-15-38-22/h2-8,15,19-20,23-25,30H,9-14,16-18,29H2,1H3,(H,31,35)/t19-,23?,24-,25+/m0/s1. The molecule has 0 spiro atoms. The quantitative estimate of drug-likeness (QED) is 0.498. The van der Waals surface area contributed by atoms with Gasteiger partial charge in [0.25, 0.3) is 6.02 Å². The number of hydrogen-bond acceptors (Lipinski definition) is 8. The van der Waals surface area contributed by atoms with Gasteiger partial charge in [-0.05, 0) is 62.2 Å². The molecule has 38 heavy (non-hydrogen) atoms. The number of aliphatic imine (C=N–C) groups is 1. The van der Waals surface area contributed by atoms with Gasteiger partial charge in [0, 0.05) is 18.0 Å². The molecule has 204 valence electrons. The highest BCUT2D eigenvalue weighted by Gasteiger charge is 2.41.